The first-order valence-corrected chi connectivity index (χ1v) is 6.97. The molecule has 5 heteroatoms. The van der Waals surface area contributed by atoms with Gasteiger partial charge in [0, 0.05) is 6.54 Å². The Morgan fingerprint density at radius 3 is 2.41 bits per heavy atom. The fourth-order valence-electron chi connectivity index (χ4n) is 2.27. The zero-order chi connectivity index (χ0) is 16.3. The SMILES string of the molecule is Bc1cccc(/C=C/c2cc(CN)ccc2C(F)(F)F)c1C. The monoisotopic (exact) mass is 303 g/mol. The maximum Gasteiger partial charge on any atom is 0.416 e. The molecule has 2 rings (SSSR count). The van der Waals surface area contributed by atoms with Crippen LogP contribution in [0.2, 0.25) is 0 Å². The van der Waals surface area contributed by atoms with E-state index in [2.05, 4.69) is 0 Å². The Balaban J connectivity index is 2.47. The van der Waals surface area contributed by atoms with E-state index in [0.717, 1.165) is 22.7 Å². The van der Waals surface area contributed by atoms with E-state index in [0.29, 0.717) is 5.56 Å². The van der Waals surface area contributed by atoms with Gasteiger partial charge in [-0.15, -0.1) is 0 Å². The molecule has 114 valence electrons. The van der Waals surface area contributed by atoms with Crippen molar-refractivity contribution in [2.75, 3.05) is 0 Å². The summed E-state index contributed by atoms with van der Waals surface area (Å²) in [6.45, 7) is 2.17. The van der Waals surface area contributed by atoms with E-state index in [9.17, 15) is 13.2 Å². The minimum Gasteiger partial charge on any atom is -0.326 e. The van der Waals surface area contributed by atoms with Gasteiger partial charge in [-0.25, -0.2) is 0 Å². The third kappa shape index (κ3) is 3.60. The Bertz CT molecular complexity index is 706. The molecule has 0 bridgehead atoms. The van der Waals surface area contributed by atoms with Crippen molar-refractivity contribution in [2.24, 2.45) is 5.73 Å². The molecular formula is C17H17BF3N. The van der Waals surface area contributed by atoms with E-state index in [1.807, 2.05) is 33.0 Å². The summed E-state index contributed by atoms with van der Waals surface area (Å²) < 4.78 is 39.3. The third-order valence-corrected chi connectivity index (χ3v) is 3.75. The van der Waals surface area contributed by atoms with Gasteiger partial charge in [-0.05, 0) is 35.7 Å². The third-order valence-electron chi connectivity index (χ3n) is 3.75. The Hall–Kier alpha value is -2.01. The van der Waals surface area contributed by atoms with Crippen LogP contribution in [0.5, 0.6) is 0 Å². The fourth-order valence-corrected chi connectivity index (χ4v) is 2.27. The molecule has 0 aromatic heterocycles. The van der Waals surface area contributed by atoms with Crippen LogP contribution in [0.1, 0.15) is 27.8 Å². The standard InChI is InChI=1S/C17H17BF3N/c1-11-13(3-2-4-16(11)18)6-7-14-9-12(10-22)5-8-15(14)17(19,20)21/h2-9H,10,18,22H2,1H3/b7-6+. The Kier molecular flexibility index (Phi) is 4.76. The summed E-state index contributed by atoms with van der Waals surface area (Å²) in [7, 11) is 1.98. The number of rotatable bonds is 3. The van der Waals surface area contributed by atoms with Crippen molar-refractivity contribution in [3.8, 4) is 0 Å². The number of nitrogens with two attached hydrogens (primary N) is 1. The van der Waals surface area contributed by atoms with E-state index in [4.69, 9.17) is 5.73 Å². The molecule has 0 saturated carbocycles. The van der Waals surface area contributed by atoms with Gasteiger partial charge < -0.3 is 5.73 Å². The Morgan fingerprint density at radius 2 is 1.77 bits per heavy atom. The van der Waals surface area contributed by atoms with E-state index >= 15 is 0 Å². The zero-order valence-electron chi connectivity index (χ0n) is 12.5. The summed E-state index contributed by atoms with van der Waals surface area (Å²) in [5, 5.41) is 0. The van der Waals surface area contributed by atoms with Crippen LogP contribution >= 0.6 is 0 Å². The van der Waals surface area contributed by atoms with Crippen molar-refractivity contribution in [3.05, 3.63) is 64.2 Å². The summed E-state index contributed by atoms with van der Waals surface area (Å²) in [5.41, 5.74) is 8.76. The lowest BCUT2D eigenvalue weighted by molar-refractivity contribution is -0.137. The fraction of sp³-hybridized carbons (Fsp3) is 0.176. The molecule has 0 amide bonds. The van der Waals surface area contributed by atoms with Gasteiger partial charge in [0.2, 0.25) is 0 Å². The summed E-state index contributed by atoms with van der Waals surface area (Å²) in [5.74, 6) is 0. The Morgan fingerprint density at radius 1 is 1.09 bits per heavy atom. The molecule has 0 aliphatic heterocycles. The van der Waals surface area contributed by atoms with E-state index in [-0.39, 0.29) is 12.1 Å². The highest BCUT2D eigenvalue weighted by atomic mass is 19.4. The molecule has 2 aromatic carbocycles. The average molecular weight is 303 g/mol. The van der Waals surface area contributed by atoms with Crippen LogP contribution in [0.25, 0.3) is 12.2 Å². The van der Waals surface area contributed by atoms with Gasteiger partial charge in [-0.2, -0.15) is 13.2 Å². The maximum absolute atomic E-state index is 13.1. The largest absolute Gasteiger partial charge is 0.416 e. The molecule has 2 aromatic rings. The molecule has 0 atom stereocenters. The first-order valence-electron chi connectivity index (χ1n) is 6.97. The molecule has 0 unspecified atom stereocenters. The van der Waals surface area contributed by atoms with Gasteiger partial charge in [0.05, 0.1) is 5.56 Å². The second kappa shape index (κ2) is 6.40. The maximum atomic E-state index is 13.1. The van der Waals surface area contributed by atoms with Crippen LogP contribution in [0.15, 0.2) is 36.4 Å². The average Bonchev–Trinajstić information content (AvgIpc) is 2.47. The molecule has 0 spiro atoms. The van der Waals surface area contributed by atoms with E-state index in [1.54, 1.807) is 6.08 Å². The lowest BCUT2D eigenvalue weighted by Gasteiger charge is -2.12. The second-order valence-corrected chi connectivity index (χ2v) is 5.25. The van der Waals surface area contributed by atoms with Crippen LogP contribution in [-0.2, 0) is 12.7 Å². The summed E-state index contributed by atoms with van der Waals surface area (Å²) in [6, 6.07) is 9.75. The minimum absolute atomic E-state index is 0.136. The number of hydrogen-bond donors (Lipinski definition) is 1. The van der Waals surface area contributed by atoms with Crippen molar-refractivity contribution < 1.29 is 13.2 Å². The van der Waals surface area contributed by atoms with E-state index < -0.39 is 11.7 Å². The van der Waals surface area contributed by atoms with Gasteiger partial charge in [-0.3, -0.25) is 0 Å². The molecular weight excluding hydrogens is 286 g/mol. The number of benzene rings is 2. The number of hydrogen-bond acceptors (Lipinski definition) is 1. The zero-order valence-corrected chi connectivity index (χ0v) is 12.5. The molecule has 0 fully saturated rings. The second-order valence-electron chi connectivity index (χ2n) is 5.25. The van der Waals surface area contributed by atoms with Crippen LogP contribution in [0.4, 0.5) is 13.2 Å². The van der Waals surface area contributed by atoms with Crippen molar-refractivity contribution in [2.45, 2.75) is 19.6 Å². The molecule has 0 heterocycles. The van der Waals surface area contributed by atoms with Crippen molar-refractivity contribution in [1.82, 2.24) is 0 Å². The Labute approximate surface area is 129 Å². The van der Waals surface area contributed by atoms with Gasteiger partial charge in [0.1, 0.15) is 7.85 Å². The summed E-state index contributed by atoms with van der Waals surface area (Å²) in [6.07, 6.45) is -1.16. The molecule has 2 N–H and O–H groups in total. The lowest BCUT2D eigenvalue weighted by Crippen LogP contribution is -2.09. The lowest BCUT2D eigenvalue weighted by atomic mass is 9.88. The van der Waals surface area contributed by atoms with Crippen molar-refractivity contribution in [1.29, 1.82) is 0 Å². The molecule has 0 radical (unpaired) electrons. The molecule has 1 nitrogen and oxygen atoms in total. The van der Waals surface area contributed by atoms with Gasteiger partial charge in [0.25, 0.3) is 0 Å². The van der Waals surface area contributed by atoms with Crippen LogP contribution in [0, 0.1) is 6.92 Å². The summed E-state index contributed by atoms with van der Waals surface area (Å²) in [4.78, 5) is 0. The smallest absolute Gasteiger partial charge is 0.326 e. The van der Waals surface area contributed by atoms with Crippen molar-refractivity contribution in [3.63, 3.8) is 0 Å². The number of alkyl halides is 3. The predicted molar refractivity (Wildman–Crippen MR) is 87.6 cm³/mol. The minimum atomic E-state index is -4.38. The molecule has 0 saturated heterocycles. The topological polar surface area (TPSA) is 26.0 Å². The van der Waals surface area contributed by atoms with E-state index in [1.165, 1.54) is 18.2 Å². The number of halogens is 3. The van der Waals surface area contributed by atoms with Gasteiger partial charge in [0.15, 0.2) is 0 Å². The summed E-state index contributed by atoms with van der Waals surface area (Å²) >= 11 is 0. The normalized spacial score (nSPS) is 12.0. The highest BCUT2D eigenvalue weighted by Gasteiger charge is 2.32. The molecule has 0 aliphatic carbocycles. The van der Waals surface area contributed by atoms with Gasteiger partial charge in [-0.1, -0.05) is 47.4 Å². The first-order chi connectivity index (χ1) is 10.3. The highest BCUT2D eigenvalue weighted by molar-refractivity contribution is 6.33. The predicted octanol–water partition coefficient (Wildman–Crippen LogP) is 2.90. The highest BCUT2D eigenvalue weighted by Crippen LogP contribution is 2.33. The first kappa shape index (κ1) is 16.4. The molecule has 0 aliphatic rings. The quantitative estimate of drug-likeness (QED) is 0.685. The van der Waals surface area contributed by atoms with Crippen molar-refractivity contribution >= 4 is 25.5 Å². The van der Waals surface area contributed by atoms with Gasteiger partial charge >= 0.3 is 6.18 Å². The van der Waals surface area contributed by atoms with Crippen LogP contribution in [-0.4, -0.2) is 7.85 Å². The van der Waals surface area contributed by atoms with Crippen LogP contribution in [0.3, 0.4) is 0 Å². The van der Waals surface area contributed by atoms with Crippen LogP contribution < -0.4 is 11.2 Å². The molecule has 22 heavy (non-hydrogen) atoms.